The SMILES string of the molecule is CC(C)(C)OC(=O)N[C@H]1CCCCC/C=C/C2C[C@@]2(C(=O)NS(=O)(=O)C2CC2)NC(=O)[C@@H]2C[C@@H](Oc3nc4c5ccc(F)cc5sc4c4ccccc34)CN2C1=O. The molecule has 2 aromatic heterocycles. The third-order valence-electron chi connectivity index (χ3n) is 11.1. The molecule has 4 aromatic rings. The average molecular weight is 820 g/mol. The third-order valence-corrected chi connectivity index (χ3v) is 14.0. The lowest BCUT2D eigenvalue weighted by atomic mass is 10.0. The van der Waals surface area contributed by atoms with E-state index >= 15 is 0 Å². The van der Waals surface area contributed by atoms with Crippen LogP contribution in [0.25, 0.3) is 31.1 Å². The number of nitrogens with zero attached hydrogens (tertiary/aromatic N) is 2. The zero-order chi connectivity index (χ0) is 40.3. The van der Waals surface area contributed by atoms with Crippen molar-refractivity contribution in [1.82, 2.24) is 25.2 Å². The van der Waals surface area contributed by atoms with Crippen LogP contribution in [0, 0.1) is 11.7 Å². The van der Waals surface area contributed by atoms with Gasteiger partial charge in [0.15, 0.2) is 0 Å². The predicted octanol–water partition coefficient (Wildman–Crippen LogP) is 5.99. The number of halogens is 1. The van der Waals surface area contributed by atoms with Gasteiger partial charge in [-0.2, -0.15) is 0 Å². The highest BCUT2D eigenvalue weighted by atomic mass is 32.2. The fraction of sp³-hybridized carbons (Fsp3) is 0.488. The number of amides is 4. The van der Waals surface area contributed by atoms with Gasteiger partial charge in [-0.1, -0.05) is 43.2 Å². The molecule has 13 nitrogen and oxygen atoms in total. The van der Waals surface area contributed by atoms with E-state index < -0.39 is 74.3 Å². The van der Waals surface area contributed by atoms with Gasteiger partial charge in [-0.3, -0.25) is 19.1 Å². The molecule has 2 saturated carbocycles. The minimum atomic E-state index is -3.91. The lowest BCUT2D eigenvalue weighted by molar-refractivity contribution is -0.141. The van der Waals surface area contributed by atoms with Gasteiger partial charge in [0.05, 0.1) is 22.0 Å². The van der Waals surface area contributed by atoms with E-state index in [2.05, 4.69) is 15.4 Å². The molecule has 0 radical (unpaired) electrons. The number of thiophene rings is 1. The number of carbonyl (C=O) groups is 4. The number of allylic oxidation sites excluding steroid dienone is 1. The molecule has 0 spiro atoms. The summed E-state index contributed by atoms with van der Waals surface area (Å²) in [5, 5.41) is 7.30. The molecule has 2 aliphatic heterocycles. The molecule has 0 bridgehead atoms. The molecule has 4 heterocycles. The number of rotatable bonds is 6. The number of hydrogen-bond donors (Lipinski definition) is 3. The minimum Gasteiger partial charge on any atom is -0.472 e. The van der Waals surface area contributed by atoms with E-state index in [-0.39, 0.29) is 31.1 Å². The molecule has 1 saturated heterocycles. The number of sulfonamides is 1. The number of benzene rings is 2. The Balaban J connectivity index is 1.14. The number of fused-ring (bicyclic) bond motifs is 7. The van der Waals surface area contributed by atoms with Crippen LogP contribution in [0.15, 0.2) is 54.6 Å². The Morgan fingerprint density at radius 2 is 1.81 bits per heavy atom. The number of pyridine rings is 1. The van der Waals surface area contributed by atoms with Crippen LogP contribution in [0.1, 0.15) is 78.6 Å². The third kappa shape index (κ3) is 8.02. The largest absolute Gasteiger partial charge is 0.472 e. The summed E-state index contributed by atoms with van der Waals surface area (Å²) in [6.45, 7) is 5.12. The molecule has 302 valence electrons. The average Bonchev–Trinajstić information content (AvgIpc) is 4.05. The lowest BCUT2D eigenvalue weighted by Crippen LogP contribution is -2.58. The highest BCUT2D eigenvalue weighted by Crippen LogP contribution is 2.46. The summed E-state index contributed by atoms with van der Waals surface area (Å²) in [7, 11) is -3.91. The van der Waals surface area contributed by atoms with Crippen LogP contribution in [0.5, 0.6) is 5.88 Å². The number of aromatic nitrogens is 1. The van der Waals surface area contributed by atoms with Crippen molar-refractivity contribution < 1.29 is 41.5 Å². The Labute approximate surface area is 333 Å². The maximum Gasteiger partial charge on any atom is 0.408 e. The summed E-state index contributed by atoms with van der Waals surface area (Å²) in [5.41, 5.74) is -1.72. The molecule has 57 heavy (non-hydrogen) atoms. The summed E-state index contributed by atoms with van der Waals surface area (Å²) in [5.74, 6) is -2.49. The van der Waals surface area contributed by atoms with Gasteiger partial charge in [0.25, 0.3) is 5.91 Å². The summed E-state index contributed by atoms with van der Waals surface area (Å²) >= 11 is 1.43. The fourth-order valence-corrected chi connectivity index (χ4v) is 10.5. The van der Waals surface area contributed by atoms with Crippen molar-refractivity contribution in [2.45, 2.75) is 113 Å². The van der Waals surface area contributed by atoms with Crippen molar-refractivity contribution in [2.75, 3.05) is 6.54 Å². The van der Waals surface area contributed by atoms with E-state index in [0.717, 1.165) is 33.0 Å². The van der Waals surface area contributed by atoms with E-state index in [9.17, 15) is 32.0 Å². The molecule has 5 atom stereocenters. The van der Waals surface area contributed by atoms with Crippen LogP contribution < -0.4 is 20.1 Å². The van der Waals surface area contributed by atoms with Crippen LogP contribution in [0.4, 0.5) is 9.18 Å². The van der Waals surface area contributed by atoms with Gasteiger partial charge < -0.3 is 25.0 Å². The Morgan fingerprint density at radius 3 is 2.56 bits per heavy atom. The summed E-state index contributed by atoms with van der Waals surface area (Å²) in [4.78, 5) is 62.3. The van der Waals surface area contributed by atoms with Crippen LogP contribution in [0.2, 0.25) is 0 Å². The maximum absolute atomic E-state index is 14.6. The zero-order valence-corrected chi connectivity index (χ0v) is 33.6. The van der Waals surface area contributed by atoms with Crippen molar-refractivity contribution in [3.8, 4) is 5.88 Å². The first kappa shape index (κ1) is 39.0. The summed E-state index contributed by atoms with van der Waals surface area (Å²) < 4.78 is 56.0. The Bertz CT molecular complexity index is 2430. The molecule has 2 aliphatic carbocycles. The van der Waals surface area contributed by atoms with E-state index in [1.807, 2.05) is 36.4 Å². The van der Waals surface area contributed by atoms with Gasteiger partial charge >= 0.3 is 6.09 Å². The maximum atomic E-state index is 14.6. The van der Waals surface area contributed by atoms with Crippen molar-refractivity contribution in [1.29, 1.82) is 0 Å². The Kier molecular flexibility index (Phi) is 10.2. The molecule has 8 rings (SSSR count). The number of ether oxygens (including phenoxy) is 2. The highest BCUT2D eigenvalue weighted by molar-refractivity contribution is 7.91. The van der Waals surface area contributed by atoms with E-state index in [4.69, 9.17) is 14.5 Å². The van der Waals surface area contributed by atoms with Crippen LogP contribution >= 0.6 is 11.3 Å². The number of hydrogen-bond acceptors (Lipinski definition) is 10. The van der Waals surface area contributed by atoms with E-state index in [0.29, 0.717) is 43.0 Å². The monoisotopic (exact) mass is 819 g/mol. The van der Waals surface area contributed by atoms with Gasteiger partial charge in [0.1, 0.15) is 35.1 Å². The first-order valence-electron chi connectivity index (χ1n) is 19.5. The van der Waals surface area contributed by atoms with Crippen molar-refractivity contribution in [2.24, 2.45) is 5.92 Å². The molecule has 3 N–H and O–H groups in total. The van der Waals surface area contributed by atoms with Gasteiger partial charge in [0, 0.05) is 33.2 Å². The van der Waals surface area contributed by atoms with Crippen LogP contribution in [0.3, 0.4) is 0 Å². The fourth-order valence-electron chi connectivity index (χ4n) is 7.92. The summed E-state index contributed by atoms with van der Waals surface area (Å²) in [6, 6.07) is 9.92. The normalized spacial score (nSPS) is 26.5. The molecule has 2 aromatic carbocycles. The van der Waals surface area contributed by atoms with Crippen molar-refractivity contribution >= 4 is 76.3 Å². The summed E-state index contributed by atoms with van der Waals surface area (Å²) in [6.07, 6.45) is 6.51. The minimum absolute atomic E-state index is 0.0128. The first-order valence-corrected chi connectivity index (χ1v) is 21.9. The van der Waals surface area contributed by atoms with E-state index in [1.54, 1.807) is 26.8 Å². The molecule has 16 heteroatoms. The molecular weight excluding hydrogens is 774 g/mol. The van der Waals surface area contributed by atoms with Gasteiger partial charge in [-0.05, 0) is 83.6 Å². The second-order valence-electron chi connectivity index (χ2n) is 16.6. The number of carbonyl (C=O) groups excluding carboxylic acids is 4. The second kappa shape index (κ2) is 14.8. The molecule has 1 unspecified atom stereocenters. The molecule has 4 amide bonds. The van der Waals surface area contributed by atoms with Crippen molar-refractivity contribution in [3.05, 3.63) is 60.4 Å². The van der Waals surface area contributed by atoms with E-state index in [1.165, 1.54) is 28.4 Å². The first-order chi connectivity index (χ1) is 27.1. The van der Waals surface area contributed by atoms with Gasteiger partial charge in [-0.25, -0.2) is 22.6 Å². The molecule has 3 fully saturated rings. The van der Waals surface area contributed by atoms with Crippen molar-refractivity contribution in [3.63, 3.8) is 0 Å². The Morgan fingerprint density at radius 1 is 1.04 bits per heavy atom. The molecule has 4 aliphatic rings. The number of nitrogens with one attached hydrogen (secondary N) is 3. The zero-order valence-electron chi connectivity index (χ0n) is 32.0. The smallest absolute Gasteiger partial charge is 0.408 e. The second-order valence-corrected chi connectivity index (χ2v) is 19.6. The Hall–Kier alpha value is -4.83. The highest BCUT2D eigenvalue weighted by Gasteiger charge is 2.62. The lowest BCUT2D eigenvalue weighted by Gasteiger charge is -2.30. The quantitative estimate of drug-likeness (QED) is 0.198. The van der Waals surface area contributed by atoms with Gasteiger partial charge in [0.2, 0.25) is 27.7 Å². The number of alkyl carbamates (subject to hydrolysis) is 1. The standard InChI is InChI=1S/C41H46FN5O8S2/c1-40(2,3)55-39(51)43-30-14-8-6-4-5-7-11-23-21-41(23,38(50)46-57(52,53)26-16-17-26)45-35(48)31-20-25(22-47(31)37(30)49)54-36-28-13-10-9-12-27(28)34-33(44-36)29-18-15-24(42)19-32(29)56-34/h7,9-13,15,18-19,23,25-26,30-31H,4-6,8,14,16-17,20-22H2,1-3H3,(H,43,51)(H,45,48)(H,46,50)/b11-7+/t23?,25-,30+,31+,41-/m1/s1. The van der Waals surface area contributed by atoms with Crippen LogP contribution in [-0.2, 0) is 29.1 Å². The van der Waals surface area contributed by atoms with Crippen LogP contribution in [-0.4, -0.2) is 83.2 Å². The molecular formula is C41H46FN5O8S2. The predicted molar refractivity (Wildman–Crippen MR) is 214 cm³/mol. The van der Waals surface area contributed by atoms with Gasteiger partial charge in [-0.15, -0.1) is 11.3 Å². The topological polar surface area (TPSA) is 173 Å².